The van der Waals surface area contributed by atoms with Gasteiger partial charge in [-0.15, -0.1) is 0 Å². The molecule has 3 unspecified atom stereocenters. The summed E-state index contributed by atoms with van der Waals surface area (Å²) in [5.74, 6) is 1.58. The summed E-state index contributed by atoms with van der Waals surface area (Å²) in [5.41, 5.74) is 1.25. The van der Waals surface area contributed by atoms with Crippen LogP contribution in [0.1, 0.15) is 51.6 Å². The van der Waals surface area contributed by atoms with Gasteiger partial charge >= 0.3 is 0 Å². The highest BCUT2D eigenvalue weighted by Gasteiger charge is 2.28. The maximum atomic E-state index is 4.01. The van der Waals surface area contributed by atoms with E-state index >= 15 is 0 Å². The molecule has 1 aliphatic rings. The van der Waals surface area contributed by atoms with E-state index in [1.54, 1.807) is 0 Å². The van der Waals surface area contributed by atoms with Crippen molar-refractivity contribution in [2.45, 2.75) is 52.1 Å². The van der Waals surface area contributed by atoms with Crippen molar-refractivity contribution >= 4 is 0 Å². The summed E-state index contributed by atoms with van der Waals surface area (Å²) < 4.78 is 0. The molecule has 0 aliphatic heterocycles. The molecule has 2 N–H and O–H groups in total. The van der Waals surface area contributed by atoms with Gasteiger partial charge in [-0.1, -0.05) is 20.3 Å². The molecule has 0 radical (unpaired) electrons. The van der Waals surface area contributed by atoms with Crippen molar-refractivity contribution in [3.8, 4) is 0 Å². The highest BCUT2D eigenvalue weighted by molar-refractivity contribution is 5.08. The SMILES string of the molecule is CC(NC1C(C)CCCC1C)c1cn[nH]c1. The summed E-state index contributed by atoms with van der Waals surface area (Å²) in [6, 6.07) is 1.05. The second-order valence-corrected chi connectivity index (χ2v) is 5.33. The number of aromatic amines is 1. The molecule has 0 amide bonds. The average Bonchev–Trinajstić information content (AvgIpc) is 2.76. The van der Waals surface area contributed by atoms with Gasteiger partial charge in [-0.2, -0.15) is 5.10 Å². The molecule has 0 aromatic carbocycles. The van der Waals surface area contributed by atoms with E-state index in [-0.39, 0.29) is 0 Å². The number of nitrogens with one attached hydrogen (secondary N) is 2. The Morgan fingerprint density at radius 1 is 1.38 bits per heavy atom. The minimum Gasteiger partial charge on any atom is -0.307 e. The van der Waals surface area contributed by atoms with Crippen LogP contribution in [0, 0.1) is 11.8 Å². The molecule has 1 aliphatic carbocycles. The van der Waals surface area contributed by atoms with Gasteiger partial charge in [-0.05, 0) is 31.6 Å². The second-order valence-electron chi connectivity index (χ2n) is 5.33. The van der Waals surface area contributed by atoms with Gasteiger partial charge in [-0.3, -0.25) is 5.10 Å². The summed E-state index contributed by atoms with van der Waals surface area (Å²) >= 11 is 0. The van der Waals surface area contributed by atoms with Crippen LogP contribution in [0.2, 0.25) is 0 Å². The fourth-order valence-electron chi connectivity index (χ4n) is 2.89. The quantitative estimate of drug-likeness (QED) is 0.824. The second kappa shape index (κ2) is 5.00. The molecular formula is C13H23N3. The van der Waals surface area contributed by atoms with Crippen LogP contribution in [0.4, 0.5) is 0 Å². The Hall–Kier alpha value is -0.830. The van der Waals surface area contributed by atoms with Crippen LogP contribution in [0.25, 0.3) is 0 Å². The Balaban J connectivity index is 1.97. The molecule has 90 valence electrons. The molecule has 16 heavy (non-hydrogen) atoms. The van der Waals surface area contributed by atoms with Gasteiger partial charge in [0.1, 0.15) is 0 Å². The molecule has 3 atom stereocenters. The lowest BCUT2D eigenvalue weighted by Gasteiger charge is -2.37. The molecule has 0 saturated heterocycles. The molecule has 1 fully saturated rings. The van der Waals surface area contributed by atoms with Crippen LogP contribution in [0.5, 0.6) is 0 Å². The minimum absolute atomic E-state index is 0.395. The number of aromatic nitrogens is 2. The highest BCUT2D eigenvalue weighted by atomic mass is 15.1. The van der Waals surface area contributed by atoms with Crippen LogP contribution in [-0.2, 0) is 0 Å². The van der Waals surface area contributed by atoms with Crippen molar-refractivity contribution in [1.29, 1.82) is 0 Å². The van der Waals surface area contributed by atoms with Gasteiger partial charge in [0, 0.05) is 23.8 Å². The fourth-order valence-corrected chi connectivity index (χ4v) is 2.89. The van der Waals surface area contributed by atoms with E-state index in [1.807, 2.05) is 12.4 Å². The van der Waals surface area contributed by atoms with E-state index in [1.165, 1.54) is 24.8 Å². The predicted octanol–water partition coefficient (Wildman–Crippen LogP) is 2.89. The smallest absolute Gasteiger partial charge is 0.0534 e. The van der Waals surface area contributed by atoms with Crippen LogP contribution in [0.15, 0.2) is 12.4 Å². The summed E-state index contributed by atoms with van der Waals surface area (Å²) in [6.45, 7) is 6.96. The number of H-pyrrole nitrogens is 1. The molecule has 1 aromatic heterocycles. The lowest BCUT2D eigenvalue weighted by molar-refractivity contribution is 0.196. The van der Waals surface area contributed by atoms with E-state index < -0.39 is 0 Å². The van der Waals surface area contributed by atoms with Crippen molar-refractivity contribution in [3.05, 3.63) is 18.0 Å². The van der Waals surface area contributed by atoms with Crippen molar-refractivity contribution in [2.75, 3.05) is 0 Å². The normalized spacial score (nSPS) is 32.6. The molecule has 1 saturated carbocycles. The fraction of sp³-hybridized carbons (Fsp3) is 0.769. The summed E-state index contributed by atoms with van der Waals surface area (Å²) in [5, 5.41) is 10.7. The molecule has 3 nitrogen and oxygen atoms in total. The van der Waals surface area contributed by atoms with Crippen molar-refractivity contribution in [1.82, 2.24) is 15.5 Å². The number of hydrogen-bond acceptors (Lipinski definition) is 2. The Morgan fingerprint density at radius 3 is 2.62 bits per heavy atom. The average molecular weight is 221 g/mol. The lowest BCUT2D eigenvalue weighted by atomic mass is 9.78. The minimum atomic E-state index is 0.395. The van der Waals surface area contributed by atoms with Gasteiger partial charge in [0.25, 0.3) is 0 Å². The molecule has 0 bridgehead atoms. The Kier molecular flexibility index (Phi) is 3.64. The van der Waals surface area contributed by atoms with Crippen molar-refractivity contribution in [3.63, 3.8) is 0 Å². The molecule has 1 heterocycles. The Morgan fingerprint density at radius 2 is 2.06 bits per heavy atom. The summed E-state index contributed by atoms with van der Waals surface area (Å²) in [7, 11) is 0. The zero-order valence-electron chi connectivity index (χ0n) is 10.5. The van der Waals surface area contributed by atoms with E-state index in [4.69, 9.17) is 0 Å². The summed E-state index contributed by atoms with van der Waals surface area (Å²) in [6.07, 6.45) is 8.01. The van der Waals surface area contributed by atoms with E-state index in [0.717, 1.165) is 11.8 Å². The topological polar surface area (TPSA) is 40.7 Å². The summed E-state index contributed by atoms with van der Waals surface area (Å²) in [4.78, 5) is 0. The van der Waals surface area contributed by atoms with Gasteiger partial charge in [0.2, 0.25) is 0 Å². The zero-order chi connectivity index (χ0) is 11.5. The highest BCUT2D eigenvalue weighted by Crippen LogP contribution is 2.30. The third kappa shape index (κ3) is 2.46. The number of hydrogen-bond donors (Lipinski definition) is 2. The van der Waals surface area contributed by atoms with Gasteiger partial charge in [0.05, 0.1) is 6.20 Å². The lowest BCUT2D eigenvalue weighted by Crippen LogP contribution is -2.43. The molecule has 0 spiro atoms. The number of nitrogens with zero attached hydrogens (tertiary/aromatic N) is 1. The monoisotopic (exact) mass is 221 g/mol. The van der Waals surface area contributed by atoms with Crippen molar-refractivity contribution in [2.24, 2.45) is 11.8 Å². The molecule has 2 rings (SSSR count). The van der Waals surface area contributed by atoms with Gasteiger partial charge in [0.15, 0.2) is 0 Å². The van der Waals surface area contributed by atoms with E-state index in [0.29, 0.717) is 12.1 Å². The van der Waals surface area contributed by atoms with Gasteiger partial charge < -0.3 is 5.32 Å². The predicted molar refractivity (Wildman–Crippen MR) is 66.1 cm³/mol. The third-order valence-corrected chi connectivity index (χ3v) is 4.01. The van der Waals surface area contributed by atoms with Crippen LogP contribution in [-0.4, -0.2) is 16.2 Å². The first-order chi connectivity index (χ1) is 7.68. The first-order valence-electron chi connectivity index (χ1n) is 6.43. The Labute approximate surface area is 98.0 Å². The Bertz CT molecular complexity index is 297. The third-order valence-electron chi connectivity index (χ3n) is 4.01. The molecular weight excluding hydrogens is 198 g/mol. The first kappa shape index (κ1) is 11.6. The maximum Gasteiger partial charge on any atom is 0.0534 e. The van der Waals surface area contributed by atoms with Crippen LogP contribution in [0.3, 0.4) is 0 Å². The van der Waals surface area contributed by atoms with E-state index in [2.05, 4.69) is 36.3 Å². The van der Waals surface area contributed by atoms with Crippen LogP contribution < -0.4 is 5.32 Å². The zero-order valence-corrected chi connectivity index (χ0v) is 10.5. The van der Waals surface area contributed by atoms with E-state index in [9.17, 15) is 0 Å². The molecule has 1 aromatic rings. The van der Waals surface area contributed by atoms with Crippen molar-refractivity contribution < 1.29 is 0 Å². The largest absolute Gasteiger partial charge is 0.307 e. The van der Waals surface area contributed by atoms with Gasteiger partial charge in [-0.25, -0.2) is 0 Å². The first-order valence-corrected chi connectivity index (χ1v) is 6.43. The maximum absolute atomic E-state index is 4.01. The standard InChI is InChI=1S/C13H23N3/c1-9-5-4-6-10(2)13(9)16-11(3)12-7-14-15-8-12/h7-11,13,16H,4-6H2,1-3H3,(H,14,15). The van der Waals surface area contributed by atoms with Crippen LogP contribution >= 0.6 is 0 Å². The number of rotatable bonds is 3. The molecule has 3 heteroatoms.